The number of carbonyl (C=O) groups excluding carboxylic acids is 3. The second kappa shape index (κ2) is 21.7. The van der Waals surface area contributed by atoms with Crippen LogP contribution in [0.5, 0.6) is 11.5 Å². The quantitative estimate of drug-likeness (QED) is 0.0626. The summed E-state index contributed by atoms with van der Waals surface area (Å²) in [6, 6.07) is 13.3. The summed E-state index contributed by atoms with van der Waals surface area (Å²) in [6.45, 7) is 10.2. The number of methoxy groups -OCH3 is 1. The van der Waals surface area contributed by atoms with E-state index >= 15 is 0 Å². The van der Waals surface area contributed by atoms with Crippen LogP contribution in [0.15, 0.2) is 72.8 Å². The molecule has 4 rings (SSSR count). The Hall–Kier alpha value is -5.04. The standard InChI is InChI=1S/C18H22O5.C17H20O5.C3H4.2H2/c1-13-12-16(23-17(13)19)6-4-3-5-11-22-15-9-7-14(8-10-15)18(20)21-2;1-12-11-15(22-17(12)20)5-3-2-4-10-21-14-8-6-13(7-9-14)16(18)19;1-3-2;;/h7-10,16H,1,3-6,11-12H2,2H3;6-9,15H,1-5,10-11H2,(H,18,19);1H,2H3;2*1H/i;;;1+1D;1+1. The molecule has 0 radical (unpaired) electrons. The van der Waals surface area contributed by atoms with E-state index in [1.165, 1.54) is 19.2 Å². The fraction of sp³-hybridized carbons (Fsp3) is 0.421. The molecule has 2 unspecified atom stereocenters. The molecular weight excluding hydrogens is 616 g/mol. The van der Waals surface area contributed by atoms with Crippen LogP contribution in [0.2, 0.25) is 0 Å². The fourth-order valence-electron chi connectivity index (χ4n) is 4.77. The predicted octanol–water partition coefficient (Wildman–Crippen LogP) is 7.61. The first-order valence-electron chi connectivity index (χ1n) is 17.0. The Labute approximate surface area is 287 Å². The minimum atomic E-state index is -0.943. The van der Waals surface area contributed by atoms with E-state index in [-0.39, 0.29) is 37.1 Å². The van der Waals surface area contributed by atoms with Gasteiger partial charge in [-0.2, -0.15) is 0 Å². The zero-order valence-corrected chi connectivity index (χ0v) is 27.9. The number of ether oxygens (including phenoxy) is 5. The molecule has 0 aliphatic carbocycles. The Morgan fingerprint density at radius 2 is 1.21 bits per heavy atom. The number of rotatable bonds is 16. The molecule has 48 heavy (non-hydrogen) atoms. The lowest BCUT2D eigenvalue weighted by molar-refractivity contribution is -0.140. The van der Waals surface area contributed by atoms with Gasteiger partial charge in [-0.25, -0.2) is 19.2 Å². The number of unbranched alkanes of at least 4 members (excludes halogenated alkanes) is 4. The number of terminal acetylenes is 1. The van der Waals surface area contributed by atoms with E-state index in [1.54, 1.807) is 43.3 Å². The smallest absolute Gasteiger partial charge is 0.337 e. The molecule has 2 aliphatic rings. The van der Waals surface area contributed by atoms with Crippen molar-refractivity contribution in [3.8, 4) is 23.8 Å². The van der Waals surface area contributed by atoms with Crippen molar-refractivity contribution in [2.75, 3.05) is 20.3 Å². The van der Waals surface area contributed by atoms with Crippen LogP contribution in [0.25, 0.3) is 0 Å². The van der Waals surface area contributed by atoms with Gasteiger partial charge in [0, 0.05) is 28.4 Å². The average molecular weight is 670 g/mol. The molecule has 2 aromatic rings. The van der Waals surface area contributed by atoms with Crippen molar-refractivity contribution in [1.82, 2.24) is 0 Å². The van der Waals surface area contributed by atoms with Crippen LogP contribution < -0.4 is 9.47 Å². The summed E-state index contributed by atoms with van der Waals surface area (Å²) in [5, 5.41) is 8.79. The molecule has 2 aliphatic heterocycles. The first kappa shape index (κ1) is 37.4. The van der Waals surface area contributed by atoms with Crippen LogP contribution in [0.3, 0.4) is 0 Å². The minimum absolute atomic E-state index is 0. The average Bonchev–Trinajstić information content (AvgIpc) is 3.62. The molecule has 10 heteroatoms. The van der Waals surface area contributed by atoms with Crippen molar-refractivity contribution < 1.29 is 52.4 Å². The summed E-state index contributed by atoms with van der Waals surface area (Å²) in [7, 11) is 1.36. The van der Waals surface area contributed by atoms with E-state index in [2.05, 4.69) is 30.2 Å². The van der Waals surface area contributed by atoms with Crippen molar-refractivity contribution in [2.24, 2.45) is 0 Å². The molecule has 0 aromatic heterocycles. The van der Waals surface area contributed by atoms with Gasteiger partial charge in [-0.3, -0.25) is 0 Å². The number of hydrogen-bond acceptors (Lipinski definition) is 9. The Bertz CT molecular complexity index is 1390. The molecule has 1 N–H and O–H groups in total. The molecule has 2 aromatic carbocycles. The van der Waals surface area contributed by atoms with Gasteiger partial charge in [0.1, 0.15) is 23.7 Å². The highest BCUT2D eigenvalue weighted by molar-refractivity contribution is 5.90. The molecule has 2 saturated heterocycles. The molecule has 0 amide bonds. The lowest BCUT2D eigenvalue weighted by Gasteiger charge is -2.09. The summed E-state index contributed by atoms with van der Waals surface area (Å²) in [4.78, 5) is 44.4. The van der Waals surface area contributed by atoms with Crippen molar-refractivity contribution >= 4 is 23.9 Å². The SMILES string of the molecule is C#CC.C=C1CC(CCCCCOc2ccc(C(=O)O)cc2)OC1=O.C=C1CC(CCCCCOc2ccc(C(=O)OC)cc2)OC1=O.[2HH].[2H][2H]. The van der Waals surface area contributed by atoms with Gasteiger partial charge < -0.3 is 28.8 Å². The van der Waals surface area contributed by atoms with Crippen molar-refractivity contribution in [1.29, 1.82) is 0 Å². The molecule has 10 nitrogen and oxygen atoms in total. The summed E-state index contributed by atoms with van der Waals surface area (Å²) in [5.74, 6) is 1.84. The number of hydrogen-bond donors (Lipinski definition) is 1. The third-order valence-corrected chi connectivity index (χ3v) is 7.33. The molecular formula is C38H50O10. The number of carbonyl (C=O) groups is 4. The Balaban J connectivity index is 0.000000856. The second-order valence-electron chi connectivity index (χ2n) is 11.2. The summed E-state index contributed by atoms with van der Waals surface area (Å²) >= 11 is 0. The van der Waals surface area contributed by atoms with E-state index < -0.39 is 5.97 Å². The maximum Gasteiger partial charge on any atom is 0.337 e. The van der Waals surface area contributed by atoms with Crippen molar-refractivity contribution in [2.45, 2.75) is 83.3 Å². The normalized spacial score (nSPS) is 16.4. The summed E-state index contributed by atoms with van der Waals surface area (Å²) < 4.78 is 36.2. The van der Waals surface area contributed by atoms with Crippen molar-refractivity contribution in [3.63, 3.8) is 0 Å². The number of cyclic esters (lactones) is 2. The van der Waals surface area contributed by atoms with Gasteiger partial charge in [-0.15, -0.1) is 12.3 Å². The monoisotopic (exact) mass is 669 g/mol. The van der Waals surface area contributed by atoms with E-state index in [0.717, 1.165) is 57.1 Å². The molecule has 0 spiro atoms. The molecule has 0 bridgehead atoms. The topological polar surface area (TPSA) is 135 Å². The van der Waals surface area contributed by atoms with Crippen LogP contribution in [-0.2, 0) is 23.8 Å². The first-order chi connectivity index (χ1) is 24.1. The third kappa shape index (κ3) is 14.6. The van der Waals surface area contributed by atoms with Crippen LogP contribution >= 0.6 is 0 Å². The van der Waals surface area contributed by atoms with E-state index in [4.69, 9.17) is 27.0 Å². The molecule has 2 atom stereocenters. The summed E-state index contributed by atoms with van der Waals surface area (Å²) in [6.07, 6.45) is 13.4. The summed E-state index contributed by atoms with van der Waals surface area (Å²) in [5.41, 5.74) is 1.90. The number of carboxylic acids is 1. The molecule has 0 saturated carbocycles. The Morgan fingerprint density at radius 3 is 1.54 bits per heavy atom. The maximum atomic E-state index is 11.3. The largest absolute Gasteiger partial charge is 0.494 e. The highest BCUT2D eigenvalue weighted by Gasteiger charge is 2.27. The van der Waals surface area contributed by atoms with E-state index in [9.17, 15) is 19.2 Å². The van der Waals surface area contributed by atoms with Gasteiger partial charge in [0.05, 0.1) is 31.5 Å². The van der Waals surface area contributed by atoms with Gasteiger partial charge in [-0.1, -0.05) is 13.2 Å². The van der Waals surface area contributed by atoms with Crippen LogP contribution in [0.1, 0.15) is 96.2 Å². The van der Waals surface area contributed by atoms with Crippen LogP contribution in [0, 0.1) is 12.3 Å². The lowest BCUT2D eigenvalue weighted by Crippen LogP contribution is -2.06. The zero-order chi connectivity index (χ0) is 37.3. The Morgan fingerprint density at radius 1 is 0.812 bits per heavy atom. The van der Waals surface area contributed by atoms with Gasteiger partial charge in [0.2, 0.25) is 0 Å². The number of benzene rings is 2. The van der Waals surface area contributed by atoms with Gasteiger partial charge in [0.25, 0.3) is 0 Å². The first-order valence-corrected chi connectivity index (χ1v) is 16.0. The molecule has 2 fully saturated rings. The van der Waals surface area contributed by atoms with Crippen LogP contribution in [-0.4, -0.2) is 61.5 Å². The highest BCUT2D eigenvalue weighted by atomic mass is 16.6. The van der Waals surface area contributed by atoms with Crippen LogP contribution in [0.4, 0.5) is 0 Å². The third-order valence-electron chi connectivity index (χ3n) is 7.33. The van der Waals surface area contributed by atoms with Crippen molar-refractivity contribution in [3.05, 3.63) is 84.0 Å². The van der Waals surface area contributed by atoms with Gasteiger partial charge in [0.15, 0.2) is 0 Å². The fourth-order valence-corrected chi connectivity index (χ4v) is 4.77. The number of aromatic carboxylic acids is 1. The van der Waals surface area contributed by atoms with Gasteiger partial charge >= 0.3 is 23.9 Å². The maximum absolute atomic E-state index is 11.3. The lowest BCUT2D eigenvalue weighted by atomic mass is 10.1. The van der Waals surface area contributed by atoms with E-state index in [0.29, 0.717) is 48.5 Å². The van der Waals surface area contributed by atoms with E-state index in [1.807, 2.05) is 0 Å². The number of carboxylic acid groups (broad SMARTS) is 1. The molecule has 262 valence electrons. The Kier molecular flexibility index (Phi) is 16.9. The predicted molar refractivity (Wildman–Crippen MR) is 185 cm³/mol. The zero-order valence-electron chi connectivity index (χ0n) is 29.9. The number of esters is 3. The van der Waals surface area contributed by atoms with Gasteiger partial charge in [-0.05, 0) is 107 Å². The molecule has 2 heterocycles. The highest BCUT2D eigenvalue weighted by Crippen LogP contribution is 2.24. The minimum Gasteiger partial charge on any atom is -0.494 e. The second-order valence-corrected chi connectivity index (χ2v) is 11.2.